The van der Waals surface area contributed by atoms with Crippen molar-refractivity contribution in [2.24, 2.45) is 0 Å². The molecule has 0 radical (unpaired) electrons. The number of benzene rings is 1. The molecule has 1 aliphatic rings. The Bertz CT molecular complexity index is 1490. The van der Waals surface area contributed by atoms with Gasteiger partial charge in [-0.25, -0.2) is 9.89 Å². The Kier molecular flexibility index (Phi) is 5.05. The van der Waals surface area contributed by atoms with Gasteiger partial charge < -0.3 is 20.1 Å². The number of hydrogen-bond donors (Lipinski definition) is 2. The second-order valence-corrected chi connectivity index (χ2v) is 10.5. The standard InChI is InChI=1S/C23H26N6O4S/c1-11-6-12-8-15(34-19(12)14(7-11)32-5)17-16-18(21(30)26-25-20(16)24)29(27-17)13-9-28(10-13)22(31)33-23(2,3)4/h6-8,13H,9-10H2,1-5H3,(H2,24,25)(H,26,30). The summed E-state index contributed by atoms with van der Waals surface area (Å²) < 4.78 is 13.7. The zero-order chi connectivity index (χ0) is 24.4. The fourth-order valence-corrected chi connectivity index (χ4v) is 5.29. The molecule has 0 aliphatic carbocycles. The summed E-state index contributed by atoms with van der Waals surface area (Å²) in [5, 5.41) is 12.8. The Morgan fingerprint density at radius 3 is 2.68 bits per heavy atom. The number of aromatic nitrogens is 4. The van der Waals surface area contributed by atoms with Crippen molar-refractivity contribution in [2.45, 2.75) is 39.3 Å². The Balaban J connectivity index is 1.58. The van der Waals surface area contributed by atoms with E-state index in [0.717, 1.165) is 26.3 Å². The molecule has 3 N–H and O–H groups in total. The molecule has 4 aromatic rings. The lowest BCUT2D eigenvalue weighted by molar-refractivity contribution is 0.000170. The largest absolute Gasteiger partial charge is 0.495 e. The van der Waals surface area contributed by atoms with Gasteiger partial charge in [-0.2, -0.15) is 10.2 Å². The van der Waals surface area contributed by atoms with Crippen molar-refractivity contribution < 1.29 is 14.3 Å². The Morgan fingerprint density at radius 2 is 2.00 bits per heavy atom. The van der Waals surface area contributed by atoms with Crippen molar-refractivity contribution in [3.63, 3.8) is 0 Å². The van der Waals surface area contributed by atoms with Crippen molar-refractivity contribution in [3.05, 3.63) is 34.1 Å². The highest BCUT2D eigenvalue weighted by Crippen LogP contribution is 2.42. The summed E-state index contributed by atoms with van der Waals surface area (Å²) in [6, 6.07) is 5.91. The van der Waals surface area contributed by atoms with E-state index in [0.29, 0.717) is 29.7 Å². The number of ether oxygens (including phenoxy) is 2. The molecule has 0 saturated carbocycles. The molecular weight excluding hydrogens is 456 g/mol. The maximum absolute atomic E-state index is 12.8. The highest BCUT2D eigenvalue weighted by molar-refractivity contribution is 7.22. The lowest BCUT2D eigenvalue weighted by Gasteiger charge is -2.39. The van der Waals surface area contributed by atoms with E-state index in [4.69, 9.17) is 20.3 Å². The number of aromatic amines is 1. The molecule has 1 aromatic carbocycles. The van der Waals surface area contributed by atoms with Gasteiger partial charge >= 0.3 is 6.09 Å². The van der Waals surface area contributed by atoms with Gasteiger partial charge in [0.05, 0.1) is 28.1 Å². The molecule has 10 nitrogen and oxygen atoms in total. The first kappa shape index (κ1) is 22.2. The molecule has 0 unspecified atom stereocenters. The van der Waals surface area contributed by atoms with Crippen LogP contribution in [0.2, 0.25) is 0 Å². The predicted octanol–water partition coefficient (Wildman–Crippen LogP) is 3.69. The maximum atomic E-state index is 12.8. The van der Waals surface area contributed by atoms with Gasteiger partial charge in [0, 0.05) is 13.1 Å². The van der Waals surface area contributed by atoms with Crippen LogP contribution in [0.4, 0.5) is 10.6 Å². The van der Waals surface area contributed by atoms with Crippen molar-refractivity contribution in [3.8, 4) is 16.3 Å². The van der Waals surface area contributed by atoms with Gasteiger partial charge in [0.2, 0.25) is 0 Å². The quantitative estimate of drug-likeness (QED) is 0.456. The number of H-pyrrole nitrogens is 1. The number of nitrogens with zero attached hydrogens (tertiary/aromatic N) is 4. The monoisotopic (exact) mass is 482 g/mol. The summed E-state index contributed by atoms with van der Waals surface area (Å²) in [4.78, 5) is 27.6. The van der Waals surface area contributed by atoms with E-state index in [1.54, 1.807) is 16.7 Å². The van der Waals surface area contributed by atoms with Crippen LogP contribution < -0.4 is 16.0 Å². The summed E-state index contributed by atoms with van der Waals surface area (Å²) in [6.45, 7) is 8.25. The first-order valence-electron chi connectivity index (χ1n) is 10.9. The van der Waals surface area contributed by atoms with E-state index >= 15 is 0 Å². The average molecular weight is 483 g/mol. The van der Waals surface area contributed by atoms with Crippen LogP contribution in [0.25, 0.3) is 31.6 Å². The number of aryl methyl sites for hydroxylation is 1. The highest BCUT2D eigenvalue weighted by atomic mass is 32.1. The first-order valence-corrected chi connectivity index (χ1v) is 11.7. The number of nitrogen functional groups attached to an aromatic ring is 1. The maximum Gasteiger partial charge on any atom is 0.410 e. The fraction of sp³-hybridized carbons (Fsp3) is 0.391. The summed E-state index contributed by atoms with van der Waals surface area (Å²) in [5.41, 5.74) is 7.27. The minimum Gasteiger partial charge on any atom is -0.495 e. The molecule has 0 bridgehead atoms. The van der Waals surface area contributed by atoms with Crippen LogP contribution in [0, 0.1) is 6.92 Å². The molecule has 1 fully saturated rings. The Hall–Kier alpha value is -3.60. The molecule has 4 heterocycles. The summed E-state index contributed by atoms with van der Waals surface area (Å²) in [7, 11) is 1.65. The molecule has 178 valence electrons. The van der Waals surface area contributed by atoms with Gasteiger partial charge in [0.1, 0.15) is 22.6 Å². The third-order valence-corrected chi connectivity index (χ3v) is 6.87. The van der Waals surface area contributed by atoms with Crippen LogP contribution in [-0.2, 0) is 4.74 Å². The van der Waals surface area contributed by atoms with Crippen LogP contribution in [0.5, 0.6) is 5.75 Å². The van der Waals surface area contributed by atoms with E-state index < -0.39 is 5.60 Å². The number of thiophene rings is 1. The van der Waals surface area contributed by atoms with Crippen molar-refractivity contribution in [2.75, 3.05) is 25.9 Å². The topological polar surface area (TPSA) is 128 Å². The van der Waals surface area contributed by atoms with Gasteiger partial charge in [-0.1, -0.05) is 6.07 Å². The summed E-state index contributed by atoms with van der Waals surface area (Å²) in [5.74, 6) is 0.978. The predicted molar refractivity (Wildman–Crippen MR) is 132 cm³/mol. The van der Waals surface area contributed by atoms with Crippen molar-refractivity contribution in [1.29, 1.82) is 0 Å². The smallest absolute Gasteiger partial charge is 0.410 e. The van der Waals surface area contributed by atoms with Crippen LogP contribution in [0.1, 0.15) is 32.4 Å². The van der Waals surface area contributed by atoms with Crippen molar-refractivity contribution >= 4 is 44.2 Å². The van der Waals surface area contributed by atoms with E-state index in [1.807, 2.05) is 39.8 Å². The number of likely N-dealkylation sites (tertiary alicyclic amines) is 1. The Morgan fingerprint density at radius 1 is 1.26 bits per heavy atom. The van der Waals surface area contributed by atoms with Gasteiger partial charge in [-0.05, 0) is 50.8 Å². The number of nitrogens with two attached hydrogens (primary N) is 1. The molecule has 3 aromatic heterocycles. The van der Waals surface area contributed by atoms with Crippen LogP contribution in [0.3, 0.4) is 0 Å². The van der Waals surface area contributed by atoms with Gasteiger partial charge in [0.15, 0.2) is 5.82 Å². The SMILES string of the molecule is COc1cc(C)cc2cc(-c3nn(C4CN(C(=O)OC(C)(C)C)C4)c4c(=O)[nH]nc(N)c34)sc12. The molecule has 5 rings (SSSR count). The lowest BCUT2D eigenvalue weighted by Crippen LogP contribution is -2.52. The molecule has 0 atom stereocenters. The minimum absolute atomic E-state index is 0.183. The van der Waals surface area contributed by atoms with Gasteiger partial charge in [-0.3, -0.25) is 9.48 Å². The highest BCUT2D eigenvalue weighted by Gasteiger charge is 2.37. The molecule has 1 saturated heterocycles. The number of carbonyl (C=O) groups excluding carboxylic acids is 1. The van der Waals surface area contributed by atoms with Crippen molar-refractivity contribution in [1.82, 2.24) is 24.9 Å². The average Bonchev–Trinajstić information content (AvgIpc) is 3.30. The third-order valence-electron chi connectivity index (χ3n) is 5.70. The second kappa shape index (κ2) is 7.73. The first-order chi connectivity index (χ1) is 16.1. The van der Waals surface area contributed by atoms with Crippen LogP contribution in [0.15, 0.2) is 23.0 Å². The lowest BCUT2D eigenvalue weighted by atomic mass is 10.1. The van der Waals surface area contributed by atoms with E-state index in [9.17, 15) is 9.59 Å². The number of hydrogen-bond acceptors (Lipinski definition) is 8. The van der Waals surface area contributed by atoms with Gasteiger partial charge in [-0.15, -0.1) is 11.3 Å². The van der Waals surface area contributed by atoms with Crippen LogP contribution in [-0.4, -0.2) is 56.8 Å². The number of carbonyl (C=O) groups is 1. The molecule has 0 spiro atoms. The second-order valence-electron chi connectivity index (χ2n) is 9.49. The van der Waals surface area contributed by atoms with E-state index in [-0.39, 0.29) is 23.5 Å². The number of rotatable bonds is 3. The third kappa shape index (κ3) is 3.65. The molecule has 11 heteroatoms. The number of amides is 1. The summed E-state index contributed by atoms with van der Waals surface area (Å²) >= 11 is 1.52. The van der Waals surface area contributed by atoms with E-state index in [1.165, 1.54) is 11.3 Å². The number of methoxy groups -OCH3 is 1. The zero-order valence-corrected chi connectivity index (χ0v) is 20.4. The Labute approximate surface area is 199 Å². The number of anilines is 1. The number of fused-ring (bicyclic) bond motifs is 2. The van der Waals surface area contributed by atoms with Crippen LogP contribution >= 0.6 is 11.3 Å². The zero-order valence-electron chi connectivity index (χ0n) is 19.6. The molecular formula is C23H26N6O4S. The molecule has 1 amide bonds. The number of nitrogens with one attached hydrogen (secondary N) is 1. The normalized spacial score (nSPS) is 14.6. The molecule has 34 heavy (non-hydrogen) atoms. The van der Waals surface area contributed by atoms with E-state index in [2.05, 4.69) is 16.3 Å². The summed E-state index contributed by atoms with van der Waals surface area (Å²) in [6.07, 6.45) is -0.387. The molecule has 1 aliphatic heterocycles. The fourth-order valence-electron chi connectivity index (χ4n) is 4.17. The van der Waals surface area contributed by atoms with Gasteiger partial charge in [0.25, 0.3) is 5.56 Å². The minimum atomic E-state index is -0.578.